The van der Waals surface area contributed by atoms with Crippen LogP contribution in [0.2, 0.25) is 0 Å². The molecule has 0 aliphatic heterocycles. The summed E-state index contributed by atoms with van der Waals surface area (Å²) in [7, 11) is 1.36. The maximum absolute atomic E-state index is 11.3. The van der Waals surface area contributed by atoms with Gasteiger partial charge in [-0.25, -0.2) is 0 Å². The van der Waals surface area contributed by atoms with E-state index in [0.29, 0.717) is 25.9 Å². The zero-order chi connectivity index (χ0) is 11.7. The molecular formula is C10H21NO4. The molecule has 0 aliphatic rings. The van der Waals surface area contributed by atoms with Gasteiger partial charge in [-0.2, -0.15) is 0 Å². The van der Waals surface area contributed by atoms with Crippen molar-refractivity contribution >= 4 is 5.97 Å². The van der Waals surface area contributed by atoms with Crippen LogP contribution in [0, 0.1) is 0 Å². The molecule has 0 fully saturated rings. The molecule has 1 atom stereocenters. The molecular weight excluding hydrogens is 198 g/mol. The maximum atomic E-state index is 11.3. The predicted octanol–water partition coefficient (Wildman–Crippen LogP) is -0.385. The van der Waals surface area contributed by atoms with Crippen molar-refractivity contribution in [2.45, 2.75) is 25.8 Å². The Labute approximate surface area is 90.6 Å². The van der Waals surface area contributed by atoms with Crippen LogP contribution >= 0.6 is 0 Å². The van der Waals surface area contributed by atoms with Gasteiger partial charge in [-0.15, -0.1) is 0 Å². The maximum Gasteiger partial charge on any atom is 0.322 e. The van der Waals surface area contributed by atoms with Gasteiger partial charge >= 0.3 is 5.97 Å². The van der Waals surface area contributed by atoms with Crippen molar-refractivity contribution in [3.63, 3.8) is 0 Å². The van der Waals surface area contributed by atoms with E-state index in [2.05, 4.69) is 4.74 Å². The third kappa shape index (κ3) is 5.71. The Balaban J connectivity index is 4.12. The summed E-state index contributed by atoms with van der Waals surface area (Å²) in [6, 6.07) is -0.326. The number of ether oxygens (including phenoxy) is 1. The lowest BCUT2D eigenvalue weighted by Gasteiger charge is -2.26. The van der Waals surface area contributed by atoms with Crippen LogP contribution in [-0.4, -0.2) is 60.5 Å². The van der Waals surface area contributed by atoms with Gasteiger partial charge in [-0.3, -0.25) is 9.69 Å². The van der Waals surface area contributed by atoms with Crippen LogP contribution in [0.4, 0.5) is 0 Å². The van der Waals surface area contributed by atoms with Crippen molar-refractivity contribution in [3.05, 3.63) is 0 Å². The minimum atomic E-state index is -0.326. The number of aliphatic hydroxyl groups is 2. The smallest absolute Gasteiger partial charge is 0.322 e. The van der Waals surface area contributed by atoms with E-state index < -0.39 is 0 Å². The second kappa shape index (κ2) is 8.64. The number of rotatable bonds is 8. The van der Waals surface area contributed by atoms with Crippen LogP contribution in [0.1, 0.15) is 19.8 Å². The molecule has 0 bridgehead atoms. The molecule has 0 aromatic rings. The highest BCUT2D eigenvalue weighted by Crippen LogP contribution is 2.03. The Hall–Kier alpha value is -0.650. The monoisotopic (exact) mass is 219 g/mol. The van der Waals surface area contributed by atoms with Crippen LogP contribution in [0.25, 0.3) is 0 Å². The number of hydrogen-bond acceptors (Lipinski definition) is 5. The van der Waals surface area contributed by atoms with Crippen LogP contribution in [0.5, 0.6) is 0 Å². The molecule has 0 saturated carbocycles. The standard InChI is InChI=1S/C10H21NO4/c1-9(10(14)15-2)11(5-3-7-12)6-4-8-13/h9,12-13H,3-8H2,1-2H3. The number of esters is 1. The number of hydrogen-bond donors (Lipinski definition) is 2. The molecule has 0 aromatic heterocycles. The van der Waals surface area contributed by atoms with Gasteiger partial charge in [0, 0.05) is 26.3 Å². The van der Waals surface area contributed by atoms with Crippen LogP contribution in [0.3, 0.4) is 0 Å². The Morgan fingerprint density at radius 3 is 2.07 bits per heavy atom. The molecule has 0 spiro atoms. The van der Waals surface area contributed by atoms with Gasteiger partial charge in [0.25, 0.3) is 0 Å². The van der Waals surface area contributed by atoms with E-state index in [-0.39, 0.29) is 25.2 Å². The first kappa shape index (κ1) is 14.3. The zero-order valence-electron chi connectivity index (χ0n) is 9.48. The second-order valence-corrected chi connectivity index (χ2v) is 3.39. The summed E-state index contributed by atoms with van der Waals surface area (Å²) in [4.78, 5) is 13.2. The molecule has 15 heavy (non-hydrogen) atoms. The molecule has 5 nitrogen and oxygen atoms in total. The van der Waals surface area contributed by atoms with E-state index in [1.807, 2.05) is 4.90 Å². The molecule has 0 aliphatic carbocycles. The summed E-state index contributed by atoms with van der Waals surface area (Å²) >= 11 is 0. The highest BCUT2D eigenvalue weighted by molar-refractivity contribution is 5.75. The lowest BCUT2D eigenvalue weighted by molar-refractivity contribution is -0.146. The summed E-state index contributed by atoms with van der Waals surface area (Å²) in [5, 5.41) is 17.5. The third-order valence-corrected chi connectivity index (χ3v) is 2.30. The van der Waals surface area contributed by atoms with E-state index >= 15 is 0 Å². The number of carbonyl (C=O) groups is 1. The predicted molar refractivity (Wildman–Crippen MR) is 56.5 cm³/mol. The number of nitrogens with zero attached hydrogens (tertiary/aromatic N) is 1. The van der Waals surface area contributed by atoms with Gasteiger partial charge < -0.3 is 14.9 Å². The largest absolute Gasteiger partial charge is 0.468 e. The van der Waals surface area contributed by atoms with Crippen molar-refractivity contribution in [1.29, 1.82) is 0 Å². The first-order chi connectivity index (χ1) is 7.17. The van der Waals surface area contributed by atoms with Crippen molar-refractivity contribution in [2.24, 2.45) is 0 Å². The quantitative estimate of drug-likeness (QED) is 0.544. The summed E-state index contributed by atoms with van der Waals surface area (Å²) in [6.07, 6.45) is 1.24. The van der Waals surface area contributed by atoms with Gasteiger partial charge in [0.2, 0.25) is 0 Å². The first-order valence-electron chi connectivity index (χ1n) is 5.21. The minimum absolute atomic E-state index is 0.101. The van der Waals surface area contributed by atoms with E-state index in [9.17, 15) is 4.79 Å². The average Bonchev–Trinajstić information content (AvgIpc) is 2.27. The van der Waals surface area contributed by atoms with Crippen molar-refractivity contribution in [2.75, 3.05) is 33.4 Å². The topological polar surface area (TPSA) is 70.0 Å². The van der Waals surface area contributed by atoms with Crippen molar-refractivity contribution < 1.29 is 19.7 Å². The molecule has 0 rings (SSSR count). The molecule has 0 saturated heterocycles. The molecule has 1 unspecified atom stereocenters. The molecule has 90 valence electrons. The van der Waals surface area contributed by atoms with Gasteiger partial charge in [0.1, 0.15) is 6.04 Å². The molecule has 2 N–H and O–H groups in total. The number of aliphatic hydroxyl groups excluding tert-OH is 2. The fourth-order valence-electron chi connectivity index (χ4n) is 1.37. The fraction of sp³-hybridized carbons (Fsp3) is 0.900. The summed E-state index contributed by atoms with van der Waals surface area (Å²) < 4.78 is 4.65. The van der Waals surface area contributed by atoms with E-state index in [1.54, 1.807) is 6.92 Å². The Morgan fingerprint density at radius 2 is 1.73 bits per heavy atom. The van der Waals surface area contributed by atoms with Gasteiger partial charge in [-0.1, -0.05) is 0 Å². The van der Waals surface area contributed by atoms with Crippen LogP contribution in [-0.2, 0) is 9.53 Å². The van der Waals surface area contributed by atoms with Crippen molar-refractivity contribution in [1.82, 2.24) is 4.90 Å². The summed E-state index contributed by atoms with van der Waals surface area (Å²) in [5.41, 5.74) is 0. The zero-order valence-corrected chi connectivity index (χ0v) is 9.48. The van der Waals surface area contributed by atoms with Crippen LogP contribution < -0.4 is 0 Å². The van der Waals surface area contributed by atoms with Crippen molar-refractivity contribution in [3.8, 4) is 0 Å². The van der Waals surface area contributed by atoms with Gasteiger partial charge in [0.15, 0.2) is 0 Å². The van der Waals surface area contributed by atoms with Crippen LogP contribution in [0.15, 0.2) is 0 Å². The Bertz CT molecular complexity index is 167. The van der Waals surface area contributed by atoms with Gasteiger partial charge in [-0.05, 0) is 19.8 Å². The minimum Gasteiger partial charge on any atom is -0.468 e. The normalized spacial score (nSPS) is 12.9. The SMILES string of the molecule is COC(=O)C(C)N(CCCO)CCCO. The van der Waals surface area contributed by atoms with Gasteiger partial charge in [0.05, 0.1) is 7.11 Å². The highest BCUT2D eigenvalue weighted by Gasteiger charge is 2.20. The Kier molecular flexibility index (Phi) is 8.27. The molecule has 0 amide bonds. The molecule has 0 heterocycles. The average molecular weight is 219 g/mol. The second-order valence-electron chi connectivity index (χ2n) is 3.39. The van der Waals surface area contributed by atoms with E-state index in [4.69, 9.17) is 10.2 Å². The third-order valence-electron chi connectivity index (χ3n) is 2.30. The molecule has 0 radical (unpaired) electrons. The lowest BCUT2D eigenvalue weighted by Crippen LogP contribution is -2.41. The first-order valence-corrected chi connectivity index (χ1v) is 5.21. The lowest BCUT2D eigenvalue weighted by atomic mass is 10.2. The Morgan fingerprint density at radius 1 is 1.27 bits per heavy atom. The molecule has 0 aromatic carbocycles. The van der Waals surface area contributed by atoms with E-state index in [0.717, 1.165) is 0 Å². The summed E-state index contributed by atoms with van der Waals surface area (Å²) in [6.45, 7) is 3.23. The summed E-state index contributed by atoms with van der Waals surface area (Å²) in [5.74, 6) is -0.286. The highest BCUT2D eigenvalue weighted by atomic mass is 16.5. The molecule has 5 heteroatoms. The fourth-order valence-corrected chi connectivity index (χ4v) is 1.37. The van der Waals surface area contributed by atoms with E-state index in [1.165, 1.54) is 7.11 Å². The number of methoxy groups -OCH3 is 1. The number of carbonyl (C=O) groups excluding carboxylic acids is 1.